The Labute approximate surface area is 166 Å². The molecule has 0 spiro atoms. The van der Waals surface area contributed by atoms with E-state index in [-0.39, 0.29) is 22.0 Å². The maximum atomic E-state index is 12.1. The number of rotatable bonds is 7. The third-order valence-electron chi connectivity index (χ3n) is 3.54. The lowest BCUT2D eigenvalue weighted by Crippen LogP contribution is -2.44. The van der Waals surface area contributed by atoms with Crippen molar-refractivity contribution in [2.75, 3.05) is 13.7 Å². The molecule has 1 atom stereocenters. The summed E-state index contributed by atoms with van der Waals surface area (Å²) in [5, 5.41) is 3.04. The summed E-state index contributed by atoms with van der Waals surface area (Å²) >= 11 is 11.7. The van der Waals surface area contributed by atoms with E-state index in [2.05, 4.69) is 5.32 Å². The molecule has 0 unspecified atom stereocenters. The van der Waals surface area contributed by atoms with Crippen LogP contribution in [-0.2, 0) is 25.5 Å². The third-order valence-corrected chi connectivity index (χ3v) is 3.97. The van der Waals surface area contributed by atoms with Crippen molar-refractivity contribution in [1.82, 2.24) is 5.32 Å². The van der Waals surface area contributed by atoms with Gasteiger partial charge in [0, 0.05) is 16.5 Å². The Morgan fingerprint density at radius 3 is 2.26 bits per heavy atom. The van der Waals surface area contributed by atoms with Crippen molar-refractivity contribution in [2.45, 2.75) is 12.5 Å². The Hall–Kier alpha value is -2.57. The molecule has 0 aliphatic rings. The van der Waals surface area contributed by atoms with Crippen molar-refractivity contribution < 1.29 is 23.9 Å². The molecule has 2 aromatic carbocycles. The van der Waals surface area contributed by atoms with E-state index >= 15 is 0 Å². The second kappa shape index (κ2) is 9.94. The fraction of sp³-hybridized carbons (Fsp3) is 0.211. The first-order valence-electron chi connectivity index (χ1n) is 7.93. The molecule has 27 heavy (non-hydrogen) atoms. The molecule has 0 saturated carbocycles. The molecule has 0 heterocycles. The summed E-state index contributed by atoms with van der Waals surface area (Å²) in [6.45, 7) is -0.564. The van der Waals surface area contributed by atoms with E-state index in [1.165, 1.54) is 25.3 Å². The summed E-state index contributed by atoms with van der Waals surface area (Å²) in [5.41, 5.74) is 0.966. The first-order valence-corrected chi connectivity index (χ1v) is 8.69. The van der Waals surface area contributed by atoms with Gasteiger partial charge >= 0.3 is 11.9 Å². The van der Waals surface area contributed by atoms with Crippen LogP contribution >= 0.6 is 23.2 Å². The standard InChI is InChI=1S/C19H17Cl2NO5/c1-26-19(25)16(7-12-5-3-2-4-6-12)22-17(23)11-27-18(24)13-8-14(20)10-15(21)9-13/h2-6,8-10,16H,7,11H2,1H3,(H,22,23)/t16-/m0/s1. The van der Waals surface area contributed by atoms with Gasteiger partial charge in [-0.05, 0) is 23.8 Å². The number of hydrogen-bond donors (Lipinski definition) is 1. The molecule has 2 aromatic rings. The fourth-order valence-electron chi connectivity index (χ4n) is 2.31. The Morgan fingerprint density at radius 1 is 1.04 bits per heavy atom. The van der Waals surface area contributed by atoms with Gasteiger partial charge in [0.15, 0.2) is 6.61 Å². The van der Waals surface area contributed by atoms with Crippen molar-refractivity contribution in [3.05, 3.63) is 69.7 Å². The highest BCUT2D eigenvalue weighted by Crippen LogP contribution is 2.19. The molecule has 1 amide bonds. The molecule has 0 saturated heterocycles. The smallest absolute Gasteiger partial charge is 0.338 e. The molecular weight excluding hydrogens is 393 g/mol. The summed E-state index contributed by atoms with van der Waals surface area (Å²) < 4.78 is 9.66. The van der Waals surface area contributed by atoms with Crippen molar-refractivity contribution in [3.63, 3.8) is 0 Å². The summed E-state index contributed by atoms with van der Waals surface area (Å²) in [6, 6.07) is 12.5. The number of amides is 1. The number of esters is 2. The number of halogens is 2. The number of nitrogens with one attached hydrogen (secondary N) is 1. The van der Waals surface area contributed by atoms with Crippen LogP contribution < -0.4 is 5.32 Å². The lowest BCUT2D eigenvalue weighted by molar-refractivity contribution is -0.145. The summed E-state index contributed by atoms with van der Waals surface area (Å²) in [4.78, 5) is 36.0. The fourth-order valence-corrected chi connectivity index (χ4v) is 2.83. The molecule has 2 rings (SSSR count). The van der Waals surface area contributed by atoms with Crippen molar-refractivity contribution >= 4 is 41.0 Å². The van der Waals surface area contributed by atoms with Crippen molar-refractivity contribution in [3.8, 4) is 0 Å². The van der Waals surface area contributed by atoms with Gasteiger partial charge in [0.05, 0.1) is 12.7 Å². The molecule has 0 aliphatic heterocycles. The van der Waals surface area contributed by atoms with E-state index in [9.17, 15) is 14.4 Å². The van der Waals surface area contributed by atoms with Gasteiger partial charge < -0.3 is 14.8 Å². The topological polar surface area (TPSA) is 81.7 Å². The van der Waals surface area contributed by atoms with Gasteiger partial charge in [-0.15, -0.1) is 0 Å². The Morgan fingerprint density at radius 2 is 1.67 bits per heavy atom. The zero-order valence-corrected chi connectivity index (χ0v) is 15.9. The molecule has 8 heteroatoms. The second-order valence-corrected chi connectivity index (χ2v) is 6.44. The minimum absolute atomic E-state index is 0.120. The maximum Gasteiger partial charge on any atom is 0.338 e. The Kier molecular flexibility index (Phi) is 7.64. The quantitative estimate of drug-likeness (QED) is 0.710. The van der Waals surface area contributed by atoms with Crippen LogP contribution in [0.4, 0.5) is 0 Å². The van der Waals surface area contributed by atoms with Gasteiger partial charge in [-0.2, -0.15) is 0 Å². The van der Waals surface area contributed by atoms with Gasteiger partial charge in [0.25, 0.3) is 5.91 Å². The highest BCUT2D eigenvalue weighted by molar-refractivity contribution is 6.35. The molecular formula is C19H17Cl2NO5. The SMILES string of the molecule is COC(=O)[C@H](Cc1ccccc1)NC(=O)COC(=O)c1cc(Cl)cc(Cl)c1. The first-order chi connectivity index (χ1) is 12.9. The first kappa shape index (κ1) is 20.7. The summed E-state index contributed by atoms with van der Waals surface area (Å²) in [5.74, 6) is -1.99. The number of carbonyl (C=O) groups is 3. The number of hydrogen-bond acceptors (Lipinski definition) is 5. The highest BCUT2D eigenvalue weighted by atomic mass is 35.5. The van der Waals surface area contributed by atoms with E-state index in [0.29, 0.717) is 0 Å². The van der Waals surface area contributed by atoms with Crippen LogP contribution in [0.3, 0.4) is 0 Å². The average molecular weight is 410 g/mol. The van der Waals surface area contributed by atoms with Crippen molar-refractivity contribution in [1.29, 1.82) is 0 Å². The van der Waals surface area contributed by atoms with E-state index in [1.54, 1.807) is 0 Å². The minimum atomic E-state index is -0.899. The number of benzene rings is 2. The minimum Gasteiger partial charge on any atom is -0.467 e. The van der Waals surface area contributed by atoms with Gasteiger partial charge in [0.2, 0.25) is 0 Å². The maximum absolute atomic E-state index is 12.1. The number of carbonyl (C=O) groups excluding carboxylic acids is 3. The molecule has 1 N–H and O–H groups in total. The Balaban J connectivity index is 1.94. The van der Waals surface area contributed by atoms with E-state index in [1.807, 2.05) is 30.3 Å². The van der Waals surface area contributed by atoms with Gasteiger partial charge in [0.1, 0.15) is 6.04 Å². The van der Waals surface area contributed by atoms with Gasteiger partial charge in [-0.1, -0.05) is 53.5 Å². The zero-order valence-electron chi connectivity index (χ0n) is 14.4. The molecule has 0 radical (unpaired) electrons. The van der Waals surface area contributed by atoms with E-state index in [4.69, 9.17) is 32.7 Å². The van der Waals surface area contributed by atoms with Crippen LogP contribution in [0.15, 0.2) is 48.5 Å². The molecule has 142 valence electrons. The second-order valence-electron chi connectivity index (χ2n) is 5.57. The van der Waals surface area contributed by atoms with E-state index in [0.717, 1.165) is 5.56 Å². The van der Waals surface area contributed by atoms with Crippen LogP contribution in [0.5, 0.6) is 0 Å². The lowest BCUT2D eigenvalue weighted by Gasteiger charge is -2.16. The lowest BCUT2D eigenvalue weighted by atomic mass is 10.1. The van der Waals surface area contributed by atoms with Gasteiger partial charge in [-0.3, -0.25) is 4.79 Å². The van der Waals surface area contributed by atoms with Crippen LogP contribution in [-0.4, -0.2) is 37.6 Å². The Bertz CT molecular complexity index is 806. The predicted molar refractivity (Wildman–Crippen MR) is 101 cm³/mol. The average Bonchev–Trinajstić information content (AvgIpc) is 2.65. The summed E-state index contributed by atoms with van der Waals surface area (Å²) in [6.07, 6.45) is 0.247. The molecule has 0 aliphatic carbocycles. The zero-order chi connectivity index (χ0) is 19.8. The van der Waals surface area contributed by atoms with Crippen LogP contribution in [0.25, 0.3) is 0 Å². The van der Waals surface area contributed by atoms with Crippen LogP contribution in [0.1, 0.15) is 15.9 Å². The largest absolute Gasteiger partial charge is 0.467 e. The van der Waals surface area contributed by atoms with Crippen LogP contribution in [0, 0.1) is 0 Å². The summed E-state index contributed by atoms with van der Waals surface area (Å²) in [7, 11) is 1.23. The van der Waals surface area contributed by atoms with E-state index < -0.39 is 30.5 Å². The number of ether oxygens (including phenoxy) is 2. The number of methoxy groups -OCH3 is 1. The van der Waals surface area contributed by atoms with Crippen LogP contribution in [0.2, 0.25) is 10.0 Å². The predicted octanol–water partition coefficient (Wildman–Crippen LogP) is 3.05. The third kappa shape index (κ3) is 6.58. The molecule has 0 aromatic heterocycles. The molecule has 0 fully saturated rings. The highest BCUT2D eigenvalue weighted by Gasteiger charge is 2.22. The monoisotopic (exact) mass is 409 g/mol. The molecule has 6 nitrogen and oxygen atoms in total. The normalized spacial score (nSPS) is 11.4. The van der Waals surface area contributed by atoms with Crippen molar-refractivity contribution in [2.24, 2.45) is 0 Å². The molecule has 0 bridgehead atoms. The van der Waals surface area contributed by atoms with Gasteiger partial charge in [-0.25, -0.2) is 9.59 Å².